The largest absolute Gasteiger partial charge is 0.389 e. The molecule has 1 heterocycles. The van der Waals surface area contributed by atoms with Gasteiger partial charge in [-0.1, -0.05) is 97.4 Å². The molecule has 0 amide bonds. The van der Waals surface area contributed by atoms with Crippen LogP contribution in [0.3, 0.4) is 0 Å². The van der Waals surface area contributed by atoms with E-state index in [4.69, 9.17) is 11.6 Å². The van der Waals surface area contributed by atoms with E-state index in [-0.39, 0.29) is 18.0 Å². The molecule has 0 aliphatic carbocycles. The Morgan fingerprint density at radius 1 is 0.893 bits per heavy atom. The van der Waals surface area contributed by atoms with E-state index in [0.717, 1.165) is 5.56 Å². The van der Waals surface area contributed by atoms with Crippen LogP contribution in [0.2, 0.25) is 5.02 Å². The highest BCUT2D eigenvalue weighted by Crippen LogP contribution is 2.45. The molecular weight excluding hydrogens is 366 g/mol. The van der Waals surface area contributed by atoms with Crippen molar-refractivity contribution in [3.8, 4) is 0 Å². The summed E-state index contributed by atoms with van der Waals surface area (Å²) in [6, 6.07) is 28.8. The predicted octanol–water partition coefficient (Wildman–Crippen LogP) is 5.73. The standard InChI is InChI=1S/C25H26ClNO/c1-18-24(20-12-6-3-7-13-20)27-23(19-10-4-2-5-11-19)17-25(18,28)16-21-14-8-9-15-22(21)26/h2-15,18,23-24,27-28H,16-17H2,1H3. The maximum Gasteiger partial charge on any atom is 0.0750 e. The highest BCUT2D eigenvalue weighted by molar-refractivity contribution is 6.31. The molecule has 1 aliphatic heterocycles. The molecule has 3 aromatic carbocycles. The second kappa shape index (κ2) is 8.08. The van der Waals surface area contributed by atoms with Crippen LogP contribution in [-0.4, -0.2) is 10.7 Å². The lowest BCUT2D eigenvalue weighted by Gasteiger charge is -2.48. The SMILES string of the molecule is CC1C(c2ccccc2)NC(c2ccccc2)CC1(O)Cc1ccccc1Cl. The van der Waals surface area contributed by atoms with Crippen molar-refractivity contribution in [1.29, 1.82) is 0 Å². The molecule has 1 saturated heterocycles. The minimum atomic E-state index is -0.864. The quantitative estimate of drug-likeness (QED) is 0.595. The summed E-state index contributed by atoms with van der Waals surface area (Å²) < 4.78 is 0. The summed E-state index contributed by atoms with van der Waals surface area (Å²) in [5.41, 5.74) is 2.54. The lowest BCUT2D eigenvalue weighted by Crippen LogP contribution is -2.53. The Bertz CT molecular complexity index is 914. The average Bonchev–Trinajstić information content (AvgIpc) is 2.73. The Balaban J connectivity index is 1.72. The molecular formula is C25H26ClNO. The van der Waals surface area contributed by atoms with Crippen LogP contribution in [-0.2, 0) is 6.42 Å². The first-order valence-electron chi connectivity index (χ1n) is 9.88. The smallest absolute Gasteiger partial charge is 0.0750 e. The highest BCUT2D eigenvalue weighted by atomic mass is 35.5. The molecule has 2 nitrogen and oxygen atoms in total. The van der Waals surface area contributed by atoms with Gasteiger partial charge in [0, 0.05) is 29.4 Å². The van der Waals surface area contributed by atoms with Crippen molar-refractivity contribution in [3.63, 3.8) is 0 Å². The lowest BCUT2D eigenvalue weighted by atomic mass is 9.69. The first kappa shape index (κ1) is 19.2. The van der Waals surface area contributed by atoms with Crippen LogP contribution in [0.15, 0.2) is 84.9 Å². The van der Waals surface area contributed by atoms with Gasteiger partial charge >= 0.3 is 0 Å². The topological polar surface area (TPSA) is 32.3 Å². The minimum absolute atomic E-state index is 0.0335. The Morgan fingerprint density at radius 2 is 1.46 bits per heavy atom. The van der Waals surface area contributed by atoms with Gasteiger partial charge in [0.15, 0.2) is 0 Å². The summed E-state index contributed by atoms with van der Waals surface area (Å²) in [4.78, 5) is 0. The molecule has 1 fully saturated rings. The van der Waals surface area contributed by atoms with E-state index >= 15 is 0 Å². The van der Waals surface area contributed by atoms with Gasteiger partial charge in [0.1, 0.15) is 0 Å². The summed E-state index contributed by atoms with van der Waals surface area (Å²) in [5.74, 6) is 0.0335. The second-order valence-corrected chi connectivity index (χ2v) is 8.29. The Kier molecular flexibility index (Phi) is 5.54. The van der Waals surface area contributed by atoms with Crippen molar-refractivity contribution in [2.45, 2.75) is 37.5 Å². The van der Waals surface area contributed by atoms with Gasteiger partial charge in [-0.2, -0.15) is 0 Å². The van der Waals surface area contributed by atoms with E-state index in [1.807, 2.05) is 36.4 Å². The number of hydrogen-bond donors (Lipinski definition) is 2. The van der Waals surface area contributed by atoms with E-state index in [9.17, 15) is 5.11 Å². The molecule has 4 unspecified atom stereocenters. The van der Waals surface area contributed by atoms with E-state index in [0.29, 0.717) is 17.9 Å². The van der Waals surface area contributed by atoms with E-state index < -0.39 is 5.60 Å². The Hall–Kier alpha value is -2.13. The molecule has 4 atom stereocenters. The van der Waals surface area contributed by atoms with Gasteiger partial charge in [-0.05, 0) is 29.2 Å². The maximum absolute atomic E-state index is 11.9. The number of benzene rings is 3. The Labute approximate surface area is 172 Å². The molecule has 0 saturated carbocycles. The molecule has 0 spiro atoms. The van der Waals surface area contributed by atoms with E-state index in [1.54, 1.807) is 0 Å². The zero-order valence-electron chi connectivity index (χ0n) is 16.1. The number of nitrogens with one attached hydrogen (secondary N) is 1. The van der Waals surface area contributed by atoms with E-state index in [2.05, 4.69) is 60.8 Å². The molecule has 4 rings (SSSR count). The molecule has 0 bridgehead atoms. The average molecular weight is 392 g/mol. The second-order valence-electron chi connectivity index (χ2n) is 7.88. The van der Waals surface area contributed by atoms with Gasteiger partial charge in [0.05, 0.1) is 5.60 Å². The van der Waals surface area contributed by atoms with Crippen molar-refractivity contribution < 1.29 is 5.11 Å². The van der Waals surface area contributed by atoms with Crippen LogP contribution in [0.4, 0.5) is 0 Å². The molecule has 2 N–H and O–H groups in total. The normalized spacial score (nSPS) is 27.5. The molecule has 3 aromatic rings. The van der Waals surface area contributed by atoms with Gasteiger partial charge in [-0.25, -0.2) is 0 Å². The number of rotatable bonds is 4. The van der Waals surface area contributed by atoms with Crippen molar-refractivity contribution in [3.05, 3.63) is 107 Å². The van der Waals surface area contributed by atoms with Gasteiger partial charge in [0.2, 0.25) is 0 Å². The lowest BCUT2D eigenvalue weighted by molar-refractivity contribution is -0.0674. The molecule has 3 heteroatoms. The summed E-state index contributed by atoms with van der Waals surface area (Å²) in [5, 5.41) is 16.4. The fourth-order valence-corrected chi connectivity index (χ4v) is 4.62. The fourth-order valence-electron chi connectivity index (χ4n) is 4.42. The number of aliphatic hydroxyl groups is 1. The van der Waals surface area contributed by atoms with Crippen LogP contribution in [0.5, 0.6) is 0 Å². The van der Waals surface area contributed by atoms with Gasteiger partial charge in [-0.3, -0.25) is 0 Å². The molecule has 0 aromatic heterocycles. The van der Waals surface area contributed by atoms with Gasteiger partial charge in [0.25, 0.3) is 0 Å². The molecule has 0 radical (unpaired) electrons. The number of halogens is 1. The van der Waals surface area contributed by atoms with Crippen LogP contribution >= 0.6 is 11.6 Å². The number of piperidine rings is 1. The summed E-state index contributed by atoms with van der Waals surface area (Å²) >= 11 is 6.43. The summed E-state index contributed by atoms with van der Waals surface area (Å²) in [7, 11) is 0. The monoisotopic (exact) mass is 391 g/mol. The van der Waals surface area contributed by atoms with Crippen LogP contribution in [0, 0.1) is 5.92 Å². The Morgan fingerprint density at radius 3 is 2.11 bits per heavy atom. The van der Waals surface area contributed by atoms with Crippen LogP contribution in [0.25, 0.3) is 0 Å². The first-order chi connectivity index (χ1) is 13.6. The van der Waals surface area contributed by atoms with Crippen molar-refractivity contribution in [1.82, 2.24) is 5.32 Å². The number of hydrogen-bond acceptors (Lipinski definition) is 2. The highest BCUT2D eigenvalue weighted by Gasteiger charge is 2.46. The molecule has 28 heavy (non-hydrogen) atoms. The molecule has 1 aliphatic rings. The third-order valence-corrected chi connectivity index (χ3v) is 6.47. The summed E-state index contributed by atoms with van der Waals surface area (Å²) in [6.07, 6.45) is 1.19. The van der Waals surface area contributed by atoms with Gasteiger partial charge < -0.3 is 10.4 Å². The zero-order valence-corrected chi connectivity index (χ0v) is 16.8. The van der Waals surface area contributed by atoms with Crippen molar-refractivity contribution in [2.24, 2.45) is 5.92 Å². The first-order valence-corrected chi connectivity index (χ1v) is 10.3. The van der Waals surface area contributed by atoms with E-state index in [1.165, 1.54) is 11.1 Å². The van der Waals surface area contributed by atoms with Crippen molar-refractivity contribution in [2.75, 3.05) is 0 Å². The van der Waals surface area contributed by atoms with Crippen LogP contribution < -0.4 is 5.32 Å². The van der Waals surface area contributed by atoms with Crippen molar-refractivity contribution >= 4 is 11.6 Å². The predicted molar refractivity (Wildman–Crippen MR) is 115 cm³/mol. The maximum atomic E-state index is 11.9. The minimum Gasteiger partial charge on any atom is -0.389 e. The zero-order chi connectivity index (χ0) is 19.6. The summed E-state index contributed by atoms with van der Waals surface area (Å²) in [6.45, 7) is 2.14. The third-order valence-electron chi connectivity index (χ3n) is 6.10. The van der Waals surface area contributed by atoms with Gasteiger partial charge in [-0.15, -0.1) is 0 Å². The fraction of sp³-hybridized carbons (Fsp3) is 0.280. The van der Waals surface area contributed by atoms with Crippen LogP contribution in [0.1, 0.15) is 42.1 Å². The third kappa shape index (κ3) is 3.86. The molecule has 144 valence electrons.